The molecule has 1 amide bonds. The summed E-state index contributed by atoms with van der Waals surface area (Å²) in [6.07, 6.45) is 3.55. The predicted molar refractivity (Wildman–Crippen MR) is 76.2 cm³/mol. The molecule has 1 aromatic rings. The van der Waals surface area contributed by atoms with E-state index in [4.69, 9.17) is 0 Å². The van der Waals surface area contributed by atoms with Gasteiger partial charge in [0.2, 0.25) is 5.91 Å². The zero-order valence-corrected chi connectivity index (χ0v) is 11.8. The van der Waals surface area contributed by atoms with Crippen LogP contribution in [0.15, 0.2) is 18.2 Å². The van der Waals surface area contributed by atoms with Crippen LogP contribution < -0.4 is 10.6 Å². The number of rotatable bonds is 2. The topological polar surface area (TPSA) is 41.1 Å². The van der Waals surface area contributed by atoms with Crippen LogP contribution in [0.2, 0.25) is 0 Å². The quantitative estimate of drug-likeness (QED) is 0.868. The zero-order valence-electron chi connectivity index (χ0n) is 11.8. The van der Waals surface area contributed by atoms with Gasteiger partial charge in [0.05, 0.1) is 0 Å². The van der Waals surface area contributed by atoms with Crippen molar-refractivity contribution < 1.29 is 9.18 Å². The molecule has 1 atom stereocenters. The van der Waals surface area contributed by atoms with Gasteiger partial charge in [0, 0.05) is 13.5 Å². The number of fused-ring (bicyclic) bond motifs is 2. The first-order valence-corrected chi connectivity index (χ1v) is 7.36. The Balaban J connectivity index is 1.97. The monoisotopic (exact) mass is 276 g/mol. The van der Waals surface area contributed by atoms with Gasteiger partial charge in [0.25, 0.3) is 0 Å². The van der Waals surface area contributed by atoms with Crippen LogP contribution in [-0.2, 0) is 10.2 Å². The second kappa shape index (κ2) is 5.17. The molecule has 0 aromatic heterocycles. The number of nitrogens with one attached hydrogen (secondary N) is 2. The molecule has 108 valence electrons. The first-order valence-electron chi connectivity index (χ1n) is 7.36. The van der Waals surface area contributed by atoms with Gasteiger partial charge in [-0.2, -0.15) is 0 Å². The van der Waals surface area contributed by atoms with Crippen molar-refractivity contribution in [3.8, 4) is 0 Å². The van der Waals surface area contributed by atoms with Crippen molar-refractivity contribution in [2.24, 2.45) is 0 Å². The molecule has 0 unspecified atom stereocenters. The Labute approximate surface area is 118 Å². The fourth-order valence-corrected chi connectivity index (χ4v) is 3.92. The third kappa shape index (κ3) is 2.22. The molecule has 2 N–H and O–H groups in total. The first kappa shape index (κ1) is 13.6. The Hall–Kier alpha value is -1.42. The second-order valence-corrected chi connectivity index (χ2v) is 6.04. The summed E-state index contributed by atoms with van der Waals surface area (Å²) >= 11 is 0. The van der Waals surface area contributed by atoms with Crippen LogP contribution in [0.4, 0.5) is 4.39 Å². The minimum absolute atomic E-state index is 0.0660. The van der Waals surface area contributed by atoms with E-state index in [-0.39, 0.29) is 23.1 Å². The van der Waals surface area contributed by atoms with Crippen molar-refractivity contribution in [3.63, 3.8) is 0 Å². The first-order chi connectivity index (χ1) is 9.64. The number of hydrogen-bond donors (Lipinski definition) is 2. The number of piperidine rings is 1. The van der Waals surface area contributed by atoms with Gasteiger partial charge >= 0.3 is 0 Å². The SMILES string of the molecule is CNC(=O)C[C@@H]1CC2(CCNCC2)c2cc(F)ccc21. The summed E-state index contributed by atoms with van der Waals surface area (Å²) in [6.45, 7) is 1.95. The highest BCUT2D eigenvalue weighted by atomic mass is 19.1. The van der Waals surface area contributed by atoms with Gasteiger partial charge in [-0.15, -0.1) is 0 Å². The number of carbonyl (C=O) groups excluding carboxylic acids is 1. The highest BCUT2D eigenvalue weighted by Crippen LogP contribution is 2.52. The van der Waals surface area contributed by atoms with Gasteiger partial charge in [0.1, 0.15) is 5.82 Å². The normalized spacial score (nSPS) is 23.6. The number of benzene rings is 1. The lowest BCUT2D eigenvalue weighted by atomic mass is 9.73. The lowest BCUT2D eigenvalue weighted by Crippen LogP contribution is -2.38. The van der Waals surface area contributed by atoms with Crippen LogP contribution >= 0.6 is 0 Å². The van der Waals surface area contributed by atoms with E-state index in [2.05, 4.69) is 10.6 Å². The molecule has 3 nitrogen and oxygen atoms in total. The van der Waals surface area contributed by atoms with E-state index >= 15 is 0 Å². The molecule has 1 aliphatic heterocycles. The summed E-state index contributed by atoms with van der Waals surface area (Å²) in [5.41, 5.74) is 2.39. The van der Waals surface area contributed by atoms with Crippen molar-refractivity contribution in [1.29, 1.82) is 0 Å². The van der Waals surface area contributed by atoms with E-state index in [1.165, 1.54) is 11.6 Å². The summed E-state index contributed by atoms with van der Waals surface area (Å²) in [4.78, 5) is 11.7. The predicted octanol–water partition coefficient (Wildman–Crippen LogP) is 2.07. The van der Waals surface area contributed by atoms with Crippen LogP contribution in [0.5, 0.6) is 0 Å². The van der Waals surface area contributed by atoms with E-state index in [1.54, 1.807) is 13.1 Å². The van der Waals surface area contributed by atoms with E-state index < -0.39 is 0 Å². The zero-order chi connectivity index (χ0) is 14.2. The Bertz CT molecular complexity index is 523. The molecule has 1 aromatic carbocycles. The maximum atomic E-state index is 13.7. The van der Waals surface area contributed by atoms with Gasteiger partial charge < -0.3 is 10.6 Å². The van der Waals surface area contributed by atoms with Crippen molar-refractivity contribution in [2.75, 3.05) is 20.1 Å². The van der Waals surface area contributed by atoms with Gasteiger partial charge in [-0.1, -0.05) is 6.07 Å². The fourth-order valence-electron chi connectivity index (χ4n) is 3.92. The lowest BCUT2D eigenvalue weighted by Gasteiger charge is -2.35. The van der Waals surface area contributed by atoms with Crippen molar-refractivity contribution in [3.05, 3.63) is 35.1 Å². The van der Waals surface area contributed by atoms with Gasteiger partial charge in [-0.25, -0.2) is 4.39 Å². The molecule has 20 heavy (non-hydrogen) atoms. The van der Waals surface area contributed by atoms with E-state index in [9.17, 15) is 9.18 Å². The summed E-state index contributed by atoms with van der Waals surface area (Å²) in [6, 6.07) is 5.11. The maximum absolute atomic E-state index is 13.7. The van der Waals surface area contributed by atoms with Crippen molar-refractivity contribution in [1.82, 2.24) is 10.6 Å². The van der Waals surface area contributed by atoms with Crippen LogP contribution in [0.25, 0.3) is 0 Å². The summed E-state index contributed by atoms with van der Waals surface area (Å²) in [5.74, 6) is 0.127. The highest BCUT2D eigenvalue weighted by molar-refractivity contribution is 5.77. The molecule has 1 saturated heterocycles. The Kier molecular flexibility index (Phi) is 3.50. The number of hydrogen-bond acceptors (Lipinski definition) is 2. The Morgan fingerprint density at radius 3 is 2.90 bits per heavy atom. The molecule has 1 heterocycles. The molecule has 2 aliphatic rings. The summed E-state index contributed by atoms with van der Waals surface area (Å²) in [5, 5.41) is 6.08. The molecule has 3 rings (SSSR count). The van der Waals surface area contributed by atoms with Crippen LogP contribution in [0.3, 0.4) is 0 Å². The minimum atomic E-state index is -0.165. The lowest BCUT2D eigenvalue weighted by molar-refractivity contribution is -0.121. The second-order valence-electron chi connectivity index (χ2n) is 6.04. The molecular formula is C16H21FN2O. The summed E-state index contributed by atoms with van der Waals surface area (Å²) in [7, 11) is 1.67. The Morgan fingerprint density at radius 2 is 2.20 bits per heavy atom. The van der Waals surface area contributed by atoms with Gasteiger partial charge in [0.15, 0.2) is 0 Å². The molecule has 4 heteroatoms. The van der Waals surface area contributed by atoms with Crippen molar-refractivity contribution >= 4 is 5.91 Å². The van der Waals surface area contributed by atoms with Crippen molar-refractivity contribution in [2.45, 2.75) is 37.0 Å². The van der Waals surface area contributed by atoms with Crippen LogP contribution in [-0.4, -0.2) is 26.0 Å². The fraction of sp³-hybridized carbons (Fsp3) is 0.562. The summed E-state index contributed by atoms with van der Waals surface area (Å²) < 4.78 is 13.7. The smallest absolute Gasteiger partial charge is 0.220 e. The van der Waals surface area contributed by atoms with E-state index in [1.807, 2.05) is 6.07 Å². The third-order valence-electron chi connectivity index (χ3n) is 4.93. The molecule has 0 radical (unpaired) electrons. The van der Waals surface area contributed by atoms with E-state index in [0.717, 1.165) is 37.9 Å². The molecule has 1 aliphatic carbocycles. The van der Waals surface area contributed by atoms with Gasteiger partial charge in [-0.3, -0.25) is 4.79 Å². The Morgan fingerprint density at radius 1 is 1.45 bits per heavy atom. The minimum Gasteiger partial charge on any atom is -0.359 e. The molecule has 0 saturated carbocycles. The average Bonchev–Trinajstić information content (AvgIpc) is 2.73. The standard InChI is InChI=1S/C16H21FN2O/c1-18-15(20)8-11-10-16(4-6-19-7-5-16)14-9-12(17)2-3-13(11)14/h2-3,9,11,19H,4-8,10H2,1H3,(H,18,20)/t11-/m1/s1. The number of carbonyl (C=O) groups is 1. The molecule has 1 fully saturated rings. The average molecular weight is 276 g/mol. The van der Waals surface area contributed by atoms with Crippen LogP contribution in [0.1, 0.15) is 42.7 Å². The highest BCUT2D eigenvalue weighted by Gasteiger charge is 2.44. The largest absolute Gasteiger partial charge is 0.359 e. The molecular weight excluding hydrogens is 255 g/mol. The maximum Gasteiger partial charge on any atom is 0.220 e. The third-order valence-corrected chi connectivity index (χ3v) is 4.93. The molecule has 1 spiro atoms. The van der Waals surface area contributed by atoms with Crippen LogP contribution in [0, 0.1) is 5.82 Å². The molecule has 0 bridgehead atoms. The van der Waals surface area contributed by atoms with Gasteiger partial charge in [-0.05, 0) is 66.9 Å². The number of amides is 1. The van der Waals surface area contributed by atoms with E-state index in [0.29, 0.717) is 6.42 Å². The number of halogens is 1.